The monoisotopic (exact) mass is 461 g/mol. The number of nitrogens with one attached hydrogen (secondary N) is 2. The van der Waals surface area contributed by atoms with E-state index in [-0.39, 0.29) is 23.1 Å². The van der Waals surface area contributed by atoms with Crippen molar-refractivity contribution >= 4 is 39.7 Å². The molecular weight excluding hydrogens is 438 g/mol. The zero-order valence-corrected chi connectivity index (χ0v) is 19.0. The summed E-state index contributed by atoms with van der Waals surface area (Å²) in [5, 5.41) is 8.36. The van der Waals surface area contributed by atoms with Crippen molar-refractivity contribution in [1.82, 2.24) is 19.7 Å². The summed E-state index contributed by atoms with van der Waals surface area (Å²) >= 11 is 6.09. The molecule has 3 aromatic heterocycles. The number of aryl methyl sites for hydroxylation is 1. The highest BCUT2D eigenvalue weighted by molar-refractivity contribution is 6.31. The molecule has 1 aliphatic rings. The Balaban J connectivity index is 1.23. The molecule has 0 aliphatic heterocycles. The van der Waals surface area contributed by atoms with E-state index < -0.39 is 0 Å². The number of hydrogen-bond donors (Lipinski definition) is 2. The van der Waals surface area contributed by atoms with E-state index in [1.54, 1.807) is 12.4 Å². The van der Waals surface area contributed by atoms with Gasteiger partial charge in [0.05, 0.1) is 5.52 Å². The van der Waals surface area contributed by atoms with Gasteiger partial charge in [-0.2, -0.15) is 0 Å². The van der Waals surface area contributed by atoms with Crippen LogP contribution < -0.4 is 16.2 Å². The Kier molecular flexibility index (Phi) is 5.72. The van der Waals surface area contributed by atoms with Gasteiger partial charge in [-0.05, 0) is 74.6 Å². The first-order chi connectivity index (χ1) is 16.0. The van der Waals surface area contributed by atoms with Crippen LogP contribution in [-0.2, 0) is 0 Å². The van der Waals surface area contributed by atoms with Gasteiger partial charge in [0.1, 0.15) is 11.2 Å². The lowest BCUT2D eigenvalue weighted by molar-refractivity contribution is 0.0924. The number of carbonyl (C=O) groups is 1. The van der Waals surface area contributed by atoms with Gasteiger partial charge in [-0.15, -0.1) is 0 Å². The van der Waals surface area contributed by atoms with Crippen LogP contribution in [0.3, 0.4) is 0 Å². The zero-order valence-electron chi connectivity index (χ0n) is 18.2. The zero-order chi connectivity index (χ0) is 22.9. The van der Waals surface area contributed by atoms with Crippen molar-refractivity contribution < 1.29 is 4.79 Å². The summed E-state index contributed by atoms with van der Waals surface area (Å²) in [7, 11) is 0. The van der Waals surface area contributed by atoms with E-state index in [9.17, 15) is 9.59 Å². The van der Waals surface area contributed by atoms with E-state index in [2.05, 4.69) is 20.6 Å². The summed E-state index contributed by atoms with van der Waals surface area (Å²) in [5.41, 5.74) is 3.16. The standard InChI is InChI=1S/C25H24ClN5O2/c1-15-9-11-31-23(12-15)28-14-20(25(31)33)24(32)30-18-5-3-17(4-6-18)29-21-8-10-27-22-13-16(26)2-7-19(21)22/h2,7-14,17-18H,3-6H2,1H3,(H,27,29)(H,30,32)/t17-,18+. The Morgan fingerprint density at radius 2 is 1.85 bits per heavy atom. The normalized spacial score (nSPS) is 18.4. The highest BCUT2D eigenvalue weighted by Gasteiger charge is 2.24. The number of rotatable bonds is 4. The van der Waals surface area contributed by atoms with Crippen molar-refractivity contribution in [3.8, 4) is 0 Å². The molecule has 3 heterocycles. The van der Waals surface area contributed by atoms with Crippen LogP contribution in [0.1, 0.15) is 41.6 Å². The van der Waals surface area contributed by atoms with Crippen molar-refractivity contribution in [2.24, 2.45) is 0 Å². The van der Waals surface area contributed by atoms with Gasteiger partial charge in [0.25, 0.3) is 11.5 Å². The number of aromatic nitrogens is 3. The van der Waals surface area contributed by atoms with E-state index in [4.69, 9.17) is 11.6 Å². The third-order valence-corrected chi connectivity index (χ3v) is 6.47. The van der Waals surface area contributed by atoms with E-state index in [1.807, 2.05) is 43.3 Å². The van der Waals surface area contributed by atoms with E-state index >= 15 is 0 Å². The maximum absolute atomic E-state index is 12.8. The van der Waals surface area contributed by atoms with Gasteiger partial charge < -0.3 is 10.6 Å². The minimum absolute atomic E-state index is 0.0293. The van der Waals surface area contributed by atoms with Gasteiger partial charge in [-0.25, -0.2) is 4.98 Å². The van der Waals surface area contributed by atoms with Gasteiger partial charge in [-0.3, -0.25) is 19.0 Å². The fourth-order valence-corrected chi connectivity index (χ4v) is 4.61. The lowest BCUT2D eigenvalue weighted by atomic mass is 9.90. The lowest BCUT2D eigenvalue weighted by Gasteiger charge is -2.30. The molecule has 0 unspecified atom stereocenters. The number of carbonyl (C=O) groups excluding carboxylic acids is 1. The number of pyridine rings is 2. The second-order valence-electron chi connectivity index (χ2n) is 8.60. The summed E-state index contributed by atoms with van der Waals surface area (Å²) < 4.78 is 1.41. The number of benzene rings is 1. The summed E-state index contributed by atoms with van der Waals surface area (Å²) in [6.07, 6.45) is 8.31. The van der Waals surface area contributed by atoms with Crippen LogP contribution in [0.15, 0.2) is 59.8 Å². The molecule has 8 heteroatoms. The molecule has 5 rings (SSSR count). The summed E-state index contributed by atoms with van der Waals surface area (Å²) in [6, 6.07) is 11.7. The molecule has 1 aliphatic carbocycles. The molecule has 1 saturated carbocycles. The molecule has 0 bridgehead atoms. The third kappa shape index (κ3) is 4.41. The average molecular weight is 462 g/mol. The number of fused-ring (bicyclic) bond motifs is 2. The summed E-state index contributed by atoms with van der Waals surface area (Å²) in [6.45, 7) is 1.94. The number of hydrogen-bond acceptors (Lipinski definition) is 5. The van der Waals surface area contributed by atoms with Crippen LogP contribution in [0.5, 0.6) is 0 Å². The molecule has 4 aromatic rings. The fraction of sp³-hybridized carbons (Fsp3) is 0.280. The number of anilines is 1. The molecule has 7 nitrogen and oxygen atoms in total. The van der Waals surface area contributed by atoms with Gasteiger partial charge in [0, 0.05) is 46.8 Å². The van der Waals surface area contributed by atoms with Gasteiger partial charge in [-0.1, -0.05) is 11.6 Å². The molecular formula is C25H24ClN5O2. The fourth-order valence-electron chi connectivity index (χ4n) is 4.44. The Bertz CT molecular complexity index is 1410. The van der Waals surface area contributed by atoms with E-state index in [0.29, 0.717) is 16.7 Å². The molecule has 1 aromatic carbocycles. The van der Waals surface area contributed by atoms with Crippen molar-refractivity contribution in [2.75, 3.05) is 5.32 Å². The maximum atomic E-state index is 12.8. The average Bonchev–Trinajstić information content (AvgIpc) is 2.80. The predicted molar refractivity (Wildman–Crippen MR) is 130 cm³/mol. The van der Waals surface area contributed by atoms with Crippen LogP contribution in [0.4, 0.5) is 5.69 Å². The van der Waals surface area contributed by atoms with E-state index in [0.717, 1.165) is 47.8 Å². The highest BCUT2D eigenvalue weighted by Crippen LogP contribution is 2.28. The number of amides is 1. The summed E-state index contributed by atoms with van der Waals surface area (Å²) in [5.74, 6) is -0.365. The Morgan fingerprint density at radius 3 is 2.67 bits per heavy atom. The molecule has 1 amide bonds. The first-order valence-corrected chi connectivity index (χ1v) is 11.5. The Morgan fingerprint density at radius 1 is 1.06 bits per heavy atom. The third-order valence-electron chi connectivity index (χ3n) is 6.24. The van der Waals surface area contributed by atoms with Gasteiger partial charge >= 0.3 is 0 Å². The minimum Gasteiger partial charge on any atom is -0.382 e. The number of nitrogens with zero attached hydrogens (tertiary/aromatic N) is 3. The predicted octanol–water partition coefficient (Wildman–Crippen LogP) is 4.36. The largest absolute Gasteiger partial charge is 0.382 e. The quantitative estimate of drug-likeness (QED) is 0.471. The van der Waals surface area contributed by atoms with Crippen molar-refractivity contribution in [3.63, 3.8) is 0 Å². The van der Waals surface area contributed by atoms with Gasteiger partial charge in [0.2, 0.25) is 0 Å². The molecule has 0 saturated heterocycles. The molecule has 1 fully saturated rings. The van der Waals surface area contributed by atoms with Crippen molar-refractivity contribution in [1.29, 1.82) is 0 Å². The van der Waals surface area contributed by atoms with Crippen LogP contribution in [0.2, 0.25) is 5.02 Å². The molecule has 168 valence electrons. The Labute approximate surface area is 195 Å². The van der Waals surface area contributed by atoms with Gasteiger partial charge in [0.15, 0.2) is 0 Å². The van der Waals surface area contributed by atoms with Crippen LogP contribution in [0.25, 0.3) is 16.6 Å². The van der Waals surface area contributed by atoms with Crippen LogP contribution in [-0.4, -0.2) is 32.4 Å². The van der Waals surface area contributed by atoms with Crippen LogP contribution >= 0.6 is 11.6 Å². The van der Waals surface area contributed by atoms with Crippen molar-refractivity contribution in [2.45, 2.75) is 44.7 Å². The topological polar surface area (TPSA) is 88.4 Å². The van der Waals surface area contributed by atoms with E-state index in [1.165, 1.54) is 10.6 Å². The molecule has 0 atom stereocenters. The summed E-state index contributed by atoms with van der Waals surface area (Å²) in [4.78, 5) is 34.2. The molecule has 0 radical (unpaired) electrons. The lowest BCUT2D eigenvalue weighted by Crippen LogP contribution is -2.42. The molecule has 0 spiro atoms. The second kappa shape index (κ2) is 8.83. The molecule has 33 heavy (non-hydrogen) atoms. The second-order valence-corrected chi connectivity index (χ2v) is 9.03. The minimum atomic E-state index is -0.365. The van der Waals surface area contributed by atoms with Crippen LogP contribution in [0, 0.1) is 6.92 Å². The SMILES string of the molecule is Cc1ccn2c(=O)c(C(=O)N[C@H]3CC[C@@H](Nc4ccnc5cc(Cl)ccc45)CC3)cnc2c1. The highest BCUT2D eigenvalue weighted by atomic mass is 35.5. The Hall–Kier alpha value is -3.45. The van der Waals surface area contributed by atoms with Crippen molar-refractivity contribution in [3.05, 3.63) is 81.5 Å². The first kappa shape index (κ1) is 21.4. The maximum Gasteiger partial charge on any atom is 0.270 e. The molecule has 2 N–H and O–H groups in total. The smallest absolute Gasteiger partial charge is 0.270 e. The first-order valence-electron chi connectivity index (χ1n) is 11.1. The number of halogens is 1.